The highest BCUT2D eigenvalue weighted by Gasteiger charge is 2.15. The number of nitrogens with two attached hydrogens (primary N) is 1. The van der Waals surface area contributed by atoms with E-state index in [1.165, 1.54) is 0 Å². The monoisotopic (exact) mass is 283 g/mol. The lowest BCUT2D eigenvalue weighted by atomic mass is 9.94. The molecule has 3 heteroatoms. The van der Waals surface area contributed by atoms with Gasteiger partial charge in [-0.2, -0.15) is 0 Å². The van der Waals surface area contributed by atoms with Gasteiger partial charge in [0.2, 0.25) is 0 Å². The van der Waals surface area contributed by atoms with Crippen molar-refractivity contribution in [2.45, 2.75) is 26.7 Å². The number of aryl methyl sites for hydroxylation is 2. The molecular formula is C18H21NO2. The molecule has 0 aliphatic heterocycles. The third-order valence-electron chi connectivity index (χ3n) is 3.70. The van der Waals surface area contributed by atoms with Crippen molar-refractivity contribution in [1.29, 1.82) is 0 Å². The molecule has 0 atom stereocenters. The molecule has 110 valence electrons. The van der Waals surface area contributed by atoms with Crippen LogP contribution in [-0.4, -0.2) is 12.9 Å². The molecule has 0 heterocycles. The van der Waals surface area contributed by atoms with Crippen LogP contribution in [0.1, 0.15) is 40.9 Å². The molecule has 2 aromatic carbocycles. The second kappa shape index (κ2) is 6.44. The van der Waals surface area contributed by atoms with Gasteiger partial charge in [0.25, 0.3) is 0 Å². The minimum Gasteiger partial charge on any atom is -0.495 e. The highest BCUT2D eigenvalue weighted by Crippen LogP contribution is 2.25. The van der Waals surface area contributed by atoms with E-state index < -0.39 is 0 Å². The minimum atomic E-state index is 0.0107. The molecule has 0 fully saturated rings. The molecule has 0 spiro atoms. The van der Waals surface area contributed by atoms with Crippen molar-refractivity contribution in [2.24, 2.45) is 0 Å². The molecule has 0 aromatic heterocycles. The minimum absolute atomic E-state index is 0.0107. The molecule has 0 bridgehead atoms. The molecule has 0 unspecified atom stereocenters. The Kier molecular flexibility index (Phi) is 4.63. The topological polar surface area (TPSA) is 52.3 Å². The molecule has 2 N–H and O–H groups in total. The Morgan fingerprint density at radius 2 is 1.86 bits per heavy atom. The maximum atomic E-state index is 12.7. The first-order chi connectivity index (χ1) is 10.1. The lowest BCUT2D eigenvalue weighted by Crippen LogP contribution is -2.07. The van der Waals surface area contributed by atoms with Crippen LogP contribution in [0, 0.1) is 0 Å². The van der Waals surface area contributed by atoms with Crippen molar-refractivity contribution < 1.29 is 9.53 Å². The maximum Gasteiger partial charge on any atom is 0.193 e. The zero-order valence-corrected chi connectivity index (χ0v) is 12.8. The summed E-state index contributed by atoms with van der Waals surface area (Å²) in [4.78, 5) is 12.7. The number of methoxy groups -OCH3 is 1. The normalized spacial score (nSPS) is 10.4. The number of ketones is 1. The van der Waals surface area contributed by atoms with Crippen LogP contribution in [0.15, 0.2) is 36.4 Å². The molecule has 0 radical (unpaired) electrons. The second-order valence-corrected chi connectivity index (χ2v) is 4.98. The zero-order valence-electron chi connectivity index (χ0n) is 12.8. The van der Waals surface area contributed by atoms with Gasteiger partial charge in [0.05, 0.1) is 12.8 Å². The van der Waals surface area contributed by atoms with Gasteiger partial charge in [-0.15, -0.1) is 0 Å². The molecule has 2 aromatic rings. The van der Waals surface area contributed by atoms with Crippen LogP contribution >= 0.6 is 0 Å². The average molecular weight is 283 g/mol. The fourth-order valence-corrected chi connectivity index (χ4v) is 2.39. The van der Waals surface area contributed by atoms with E-state index in [4.69, 9.17) is 10.5 Å². The Balaban J connectivity index is 2.46. The van der Waals surface area contributed by atoms with Gasteiger partial charge in [-0.25, -0.2) is 0 Å². The van der Waals surface area contributed by atoms with E-state index >= 15 is 0 Å². The van der Waals surface area contributed by atoms with E-state index in [1.807, 2.05) is 12.1 Å². The van der Waals surface area contributed by atoms with Gasteiger partial charge in [0.15, 0.2) is 5.78 Å². The summed E-state index contributed by atoms with van der Waals surface area (Å²) >= 11 is 0. The van der Waals surface area contributed by atoms with Crippen LogP contribution < -0.4 is 10.5 Å². The van der Waals surface area contributed by atoms with Crippen molar-refractivity contribution >= 4 is 11.5 Å². The maximum absolute atomic E-state index is 12.7. The molecule has 0 saturated carbocycles. The standard InChI is InChI=1S/C18H21NO2/c1-4-12-6-7-13(5-2)15(10-12)18(20)14-8-9-17(21-3)16(19)11-14/h6-11H,4-5,19H2,1-3H3. The van der Waals surface area contributed by atoms with Crippen LogP contribution in [0.2, 0.25) is 0 Å². The summed E-state index contributed by atoms with van der Waals surface area (Å²) in [7, 11) is 1.56. The van der Waals surface area contributed by atoms with Crippen molar-refractivity contribution in [3.63, 3.8) is 0 Å². The lowest BCUT2D eigenvalue weighted by Gasteiger charge is -2.11. The summed E-state index contributed by atoms with van der Waals surface area (Å²) in [5.74, 6) is 0.598. The number of anilines is 1. The summed E-state index contributed by atoms with van der Waals surface area (Å²) in [6.07, 6.45) is 1.74. The Morgan fingerprint density at radius 3 is 2.43 bits per heavy atom. The molecule has 2 rings (SSSR count). The summed E-state index contributed by atoms with van der Waals surface area (Å²) < 4.78 is 5.13. The van der Waals surface area contributed by atoms with E-state index in [9.17, 15) is 4.79 Å². The molecule has 0 saturated heterocycles. The van der Waals surface area contributed by atoms with Gasteiger partial charge in [0, 0.05) is 11.1 Å². The highest BCUT2D eigenvalue weighted by atomic mass is 16.5. The van der Waals surface area contributed by atoms with Gasteiger partial charge in [-0.05, 0) is 48.2 Å². The van der Waals surface area contributed by atoms with Crippen molar-refractivity contribution in [2.75, 3.05) is 12.8 Å². The molecule has 0 aliphatic rings. The van der Waals surface area contributed by atoms with Crippen LogP contribution in [0.4, 0.5) is 5.69 Å². The number of carbonyl (C=O) groups is 1. The van der Waals surface area contributed by atoms with Gasteiger partial charge in [-0.3, -0.25) is 4.79 Å². The Labute approximate surface area is 125 Å². The number of hydrogen-bond donors (Lipinski definition) is 1. The fourth-order valence-electron chi connectivity index (χ4n) is 2.39. The van der Waals surface area contributed by atoms with Gasteiger partial charge >= 0.3 is 0 Å². The molecule has 3 nitrogen and oxygen atoms in total. The van der Waals surface area contributed by atoms with E-state index in [2.05, 4.69) is 19.9 Å². The average Bonchev–Trinajstić information content (AvgIpc) is 2.53. The molecular weight excluding hydrogens is 262 g/mol. The van der Waals surface area contributed by atoms with Gasteiger partial charge in [0.1, 0.15) is 5.75 Å². The molecule has 0 aliphatic carbocycles. The van der Waals surface area contributed by atoms with E-state index in [-0.39, 0.29) is 5.78 Å². The predicted octanol–water partition coefficient (Wildman–Crippen LogP) is 3.63. The Hall–Kier alpha value is -2.29. The lowest BCUT2D eigenvalue weighted by molar-refractivity contribution is 0.103. The van der Waals surface area contributed by atoms with E-state index in [1.54, 1.807) is 25.3 Å². The quantitative estimate of drug-likeness (QED) is 0.673. The number of rotatable bonds is 5. The second-order valence-electron chi connectivity index (χ2n) is 4.98. The van der Waals surface area contributed by atoms with Crippen LogP contribution in [0.5, 0.6) is 5.75 Å². The Morgan fingerprint density at radius 1 is 1.10 bits per heavy atom. The van der Waals surface area contributed by atoms with E-state index in [0.717, 1.165) is 29.5 Å². The van der Waals surface area contributed by atoms with Crippen LogP contribution in [-0.2, 0) is 12.8 Å². The largest absolute Gasteiger partial charge is 0.495 e. The summed E-state index contributed by atoms with van der Waals surface area (Å²) in [6, 6.07) is 11.3. The first kappa shape index (κ1) is 15.1. The summed E-state index contributed by atoms with van der Waals surface area (Å²) in [6.45, 7) is 4.14. The van der Waals surface area contributed by atoms with Crippen molar-refractivity contribution in [3.8, 4) is 5.75 Å². The number of hydrogen-bond acceptors (Lipinski definition) is 3. The smallest absolute Gasteiger partial charge is 0.193 e. The van der Waals surface area contributed by atoms with Crippen LogP contribution in [0.25, 0.3) is 0 Å². The van der Waals surface area contributed by atoms with Gasteiger partial charge in [-0.1, -0.05) is 26.0 Å². The molecule has 21 heavy (non-hydrogen) atoms. The number of carbonyl (C=O) groups excluding carboxylic acids is 1. The van der Waals surface area contributed by atoms with Gasteiger partial charge < -0.3 is 10.5 Å². The first-order valence-electron chi connectivity index (χ1n) is 7.20. The highest BCUT2D eigenvalue weighted by molar-refractivity contribution is 6.10. The summed E-state index contributed by atoms with van der Waals surface area (Å²) in [5, 5.41) is 0. The third-order valence-corrected chi connectivity index (χ3v) is 3.70. The summed E-state index contributed by atoms with van der Waals surface area (Å²) in [5.41, 5.74) is 9.96. The van der Waals surface area contributed by atoms with E-state index in [0.29, 0.717) is 17.0 Å². The number of benzene rings is 2. The predicted molar refractivity (Wildman–Crippen MR) is 86.0 cm³/mol. The van der Waals surface area contributed by atoms with Crippen LogP contribution in [0.3, 0.4) is 0 Å². The SMILES string of the molecule is CCc1ccc(CC)c(C(=O)c2ccc(OC)c(N)c2)c1. The number of ether oxygens (including phenoxy) is 1. The number of nitrogen functional groups attached to an aromatic ring is 1. The fraction of sp³-hybridized carbons (Fsp3) is 0.278. The zero-order chi connectivity index (χ0) is 15.4. The van der Waals surface area contributed by atoms with Crippen molar-refractivity contribution in [3.05, 3.63) is 58.7 Å². The third kappa shape index (κ3) is 3.07. The van der Waals surface area contributed by atoms with Crippen molar-refractivity contribution in [1.82, 2.24) is 0 Å². The Bertz CT molecular complexity index is 662. The first-order valence-corrected chi connectivity index (χ1v) is 7.20. The molecule has 0 amide bonds.